The number of carbonyl (C=O) groups is 1. The van der Waals surface area contributed by atoms with Crippen molar-refractivity contribution in [2.45, 2.75) is 52.4 Å². The van der Waals surface area contributed by atoms with Gasteiger partial charge in [0.15, 0.2) is 0 Å². The van der Waals surface area contributed by atoms with Gasteiger partial charge < -0.3 is 19.0 Å². The fourth-order valence-electron chi connectivity index (χ4n) is 2.98. The first-order chi connectivity index (χ1) is 16.1. The molecule has 0 saturated heterocycles. The highest BCUT2D eigenvalue weighted by Crippen LogP contribution is 2.22. The first-order valence-electron chi connectivity index (χ1n) is 11.2. The first-order valence-corrected chi connectivity index (χ1v) is 14.4. The zero-order chi connectivity index (χ0) is 25.0. The quantitative estimate of drug-likeness (QED) is 0.265. The number of carbonyl (C=O) groups excluding carboxylic acids is 1. The van der Waals surface area contributed by atoms with Gasteiger partial charge in [0.25, 0.3) is 0 Å². The van der Waals surface area contributed by atoms with Crippen LogP contribution in [0.25, 0.3) is 0 Å². The van der Waals surface area contributed by atoms with Crippen molar-refractivity contribution in [1.29, 1.82) is 0 Å². The minimum atomic E-state index is -3.72. The third-order valence-electron chi connectivity index (χ3n) is 4.63. The topological polar surface area (TPSA) is 128 Å². The fourth-order valence-corrected chi connectivity index (χ4v) is 5.05. The van der Waals surface area contributed by atoms with Crippen LogP contribution in [0.2, 0.25) is 0 Å². The number of hydrogen-bond acceptors (Lipinski definition) is 7. The Hall–Kier alpha value is -2.79. The molecular formula is C23H32N2O7S2. The second-order valence-corrected chi connectivity index (χ2v) is 11.1. The maximum Gasteiger partial charge on any atom is 0.323 e. The number of anilines is 2. The predicted octanol–water partition coefficient (Wildman–Crippen LogP) is 5.13. The van der Waals surface area contributed by atoms with Crippen LogP contribution in [0, 0.1) is 0 Å². The monoisotopic (exact) mass is 512 g/mol. The van der Waals surface area contributed by atoms with Gasteiger partial charge >= 0.3 is 26.3 Å². The Bertz CT molecular complexity index is 1060. The third-order valence-corrected chi connectivity index (χ3v) is 7.10. The van der Waals surface area contributed by atoms with E-state index in [1.165, 1.54) is 24.3 Å². The molecule has 0 bridgehead atoms. The number of amides is 2. The van der Waals surface area contributed by atoms with Gasteiger partial charge in [-0.3, -0.25) is 0 Å². The summed E-state index contributed by atoms with van der Waals surface area (Å²) in [7, 11) is -7.44. The third kappa shape index (κ3) is 10.4. The number of hydrogen-bond donors (Lipinski definition) is 2. The number of unbranched alkanes of at least 4 members (excludes halogenated alkanes) is 4. The normalized spacial score (nSPS) is 11.6. The van der Waals surface area contributed by atoms with Gasteiger partial charge in [-0.25, -0.2) is 4.79 Å². The molecule has 0 saturated carbocycles. The van der Waals surface area contributed by atoms with E-state index >= 15 is 0 Å². The van der Waals surface area contributed by atoms with Crippen LogP contribution in [-0.4, -0.2) is 34.4 Å². The van der Waals surface area contributed by atoms with Gasteiger partial charge in [-0.1, -0.05) is 51.7 Å². The summed E-state index contributed by atoms with van der Waals surface area (Å²) in [6, 6.07) is 11.5. The second-order valence-electron chi connectivity index (χ2n) is 7.74. The number of urea groups is 1. The highest BCUT2D eigenvalue weighted by atomic mass is 32.2. The fraction of sp³-hybridized carbons (Fsp3) is 0.435. The molecule has 2 rings (SSSR count). The lowest BCUT2D eigenvalue weighted by Gasteiger charge is -2.11. The molecule has 9 nitrogen and oxygen atoms in total. The van der Waals surface area contributed by atoms with E-state index in [0.29, 0.717) is 24.2 Å². The largest absolute Gasteiger partial charge is 0.382 e. The standard InChI is InChI=1S/C23H32N2O7S2/c1-3-5-7-15-33(27,28)31-21-13-9-11-19(17-21)24-23(26)25-20-12-10-14-22(18-20)32-34(29,30)16-8-6-4-2/h9-14,17-18H,3-8,15-16H2,1-2H3,(H2,24,25,26). The number of rotatable bonds is 14. The van der Waals surface area contributed by atoms with Gasteiger partial charge in [-0.05, 0) is 37.1 Å². The van der Waals surface area contributed by atoms with Crippen molar-refractivity contribution in [2.24, 2.45) is 0 Å². The van der Waals surface area contributed by atoms with Gasteiger partial charge in [0, 0.05) is 23.5 Å². The highest BCUT2D eigenvalue weighted by Gasteiger charge is 2.14. The van der Waals surface area contributed by atoms with E-state index in [4.69, 9.17) is 8.37 Å². The molecule has 0 atom stereocenters. The molecule has 2 aromatic carbocycles. The summed E-state index contributed by atoms with van der Waals surface area (Å²) in [5, 5.41) is 5.17. The summed E-state index contributed by atoms with van der Waals surface area (Å²) < 4.78 is 58.5. The molecule has 0 fully saturated rings. The van der Waals surface area contributed by atoms with E-state index in [1.807, 2.05) is 13.8 Å². The van der Waals surface area contributed by atoms with Gasteiger partial charge in [-0.2, -0.15) is 16.8 Å². The molecule has 11 heteroatoms. The molecule has 188 valence electrons. The summed E-state index contributed by atoms with van der Waals surface area (Å²) in [4.78, 5) is 12.4. The Morgan fingerprint density at radius 2 is 1.12 bits per heavy atom. The summed E-state index contributed by atoms with van der Waals surface area (Å²) in [5.74, 6) is 0.0354. The van der Waals surface area contributed by atoms with Crippen LogP contribution < -0.4 is 19.0 Å². The van der Waals surface area contributed by atoms with E-state index in [9.17, 15) is 21.6 Å². The lowest BCUT2D eigenvalue weighted by molar-refractivity contribution is 0.262. The lowest BCUT2D eigenvalue weighted by atomic mass is 10.3. The molecule has 0 aliphatic carbocycles. The van der Waals surface area contributed by atoms with Crippen LogP contribution in [-0.2, 0) is 20.2 Å². The van der Waals surface area contributed by atoms with Crippen molar-refractivity contribution in [3.05, 3.63) is 48.5 Å². The molecule has 2 aromatic rings. The zero-order valence-corrected chi connectivity index (χ0v) is 21.1. The molecule has 2 amide bonds. The minimum Gasteiger partial charge on any atom is -0.382 e. The molecule has 0 heterocycles. The van der Waals surface area contributed by atoms with Crippen LogP contribution >= 0.6 is 0 Å². The Morgan fingerprint density at radius 1 is 0.706 bits per heavy atom. The molecule has 0 aromatic heterocycles. The van der Waals surface area contributed by atoms with Crippen molar-refractivity contribution in [1.82, 2.24) is 0 Å². The zero-order valence-electron chi connectivity index (χ0n) is 19.4. The number of nitrogens with one attached hydrogen (secondary N) is 2. The van der Waals surface area contributed by atoms with Crippen LogP contribution in [0.3, 0.4) is 0 Å². The minimum absolute atomic E-state index is 0.0777. The molecular weight excluding hydrogens is 480 g/mol. The molecule has 0 radical (unpaired) electrons. The van der Waals surface area contributed by atoms with Crippen molar-refractivity contribution in [2.75, 3.05) is 22.1 Å². The Labute approximate surface area is 202 Å². The molecule has 0 unspecified atom stereocenters. The van der Waals surface area contributed by atoms with Crippen LogP contribution in [0.4, 0.5) is 16.2 Å². The number of benzene rings is 2. The Balaban J connectivity index is 1.96. The Kier molecular flexibility index (Phi) is 10.6. The van der Waals surface area contributed by atoms with Crippen molar-refractivity contribution in [3.8, 4) is 11.5 Å². The summed E-state index contributed by atoms with van der Waals surface area (Å²) in [5.41, 5.74) is 0.648. The van der Waals surface area contributed by atoms with E-state index in [2.05, 4.69) is 10.6 Å². The maximum absolute atomic E-state index is 12.4. The smallest absolute Gasteiger partial charge is 0.323 e. The van der Waals surface area contributed by atoms with Crippen molar-refractivity contribution < 1.29 is 30.0 Å². The summed E-state index contributed by atoms with van der Waals surface area (Å²) in [6.07, 6.45) is 4.41. The first kappa shape index (κ1) is 27.5. The second kappa shape index (κ2) is 13.2. The van der Waals surface area contributed by atoms with Crippen LogP contribution in [0.1, 0.15) is 52.4 Å². The van der Waals surface area contributed by atoms with Crippen molar-refractivity contribution >= 4 is 37.6 Å². The SMILES string of the molecule is CCCCCS(=O)(=O)Oc1cccc(NC(=O)Nc2cccc(OS(=O)(=O)CCCCC)c2)c1. The van der Waals surface area contributed by atoms with Gasteiger partial charge in [0.05, 0.1) is 11.5 Å². The van der Waals surface area contributed by atoms with Crippen LogP contribution in [0.15, 0.2) is 48.5 Å². The summed E-state index contributed by atoms with van der Waals surface area (Å²) >= 11 is 0. The van der Waals surface area contributed by atoms with Gasteiger partial charge in [0.2, 0.25) is 0 Å². The molecule has 0 aliphatic rings. The average Bonchev–Trinajstić information content (AvgIpc) is 2.73. The van der Waals surface area contributed by atoms with E-state index in [0.717, 1.165) is 25.7 Å². The molecule has 0 aliphatic heterocycles. The maximum atomic E-state index is 12.4. The van der Waals surface area contributed by atoms with E-state index in [-0.39, 0.29) is 23.0 Å². The predicted molar refractivity (Wildman–Crippen MR) is 133 cm³/mol. The van der Waals surface area contributed by atoms with E-state index < -0.39 is 26.3 Å². The van der Waals surface area contributed by atoms with Gasteiger partial charge in [0.1, 0.15) is 11.5 Å². The van der Waals surface area contributed by atoms with Gasteiger partial charge in [-0.15, -0.1) is 0 Å². The van der Waals surface area contributed by atoms with Crippen molar-refractivity contribution in [3.63, 3.8) is 0 Å². The molecule has 0 spiro atoms. The van der Waals surface area contributed by atoms with Crippen LogP contribution in [0.5, 0.6) is 11.5 Å². The lowest BCUT2D eigenvalue weighted by Crippen LogP contribution is -2.20. The summed E-state index contributed by atoms with van der Waals surface area (Å²) in [6.45, 7) is 3.96. The molecule has 34 heavy (non-hydrogen) atoms. The average molecular weight is 513 g/mol. The molecule has 2 N–H and O–H groups in total. The van der Waals surface area contributed by atoms with E-state index in [1.54, 1.807) is 24.3 Å². The highest BCUT2D eigenvalue weighted by molar-refractivity contribution is 7.87. The Morgan fingerprint density at radius 3 is 1.50 bits per heavy atom.